The van der Waals surface area contributed by atoms with E-state index in [1.54, 1.807) is 0 Å². The Labute approximate surface area is 101 Å². The van der Waals surface area contributed by atoms with Crippen molar-refractivity contribution in [1.29, 1.82) is 0 Å². The minimum Gasteiger partial charge on any atom is -0.321 e. The van der Waals surface area contributed by atoms with Crippen molar-refractivity contribution in [1.82, 2.24) is 9.78 Å². The van der Waals surface area contributed by atoms with Gasteiger partial charge in [0.25, 0.3) is 0 Å². The van der Waals surface area contributed by atoms with Crippen molar-refractivity contribution in [2.45, 2.75) is 38.3 Å². The summed E-state index contributed by atoms with van der Waals surface area (Å²) in [5.74, 6) is 0.429. The first-order chi connectivity index (χ1) is 7.82. The summed E-state index contributed by atoms with van der Waals surface area (Å²) in [5, 5.41) is 4.48. The fraction of sp³-hybridized carbons (Fsp3) is 0.727. The van der Waals surface area contributed by atoms with Gasteiger partial charge < -0.3 is 5.73 Å². The third-order valence-electron chi connectivity index (χ3n) is 3.85. The van der Waals surface area contributed by atoms with Crippen molar-refractivity contribution in [3.8, 4) is 0 Å². The predicted octanol–water partition coefficient (Wildman–Crippen LogP) is 0.417. The molecule has 1 saturated carbocycles. The minimum atomic E-state index is -2.81. The van der Waals surface area contributed by atoms with Crippen LogP contribution in [0.15, 0.2) is 0 Å². The van der Waals surface area contributed by atoms with E-state index in [4.69, 9.17) is 5.73 Å². The molecule has 0 amide bonds. The first-order valence-electron chi connectivity index (χ1n) is 5.88. The largest absolute Gasteiger partial charge is 0.321 e. The van der Waals surface area contributed by atoms with Crippen LogP contribution in [0.3, 0.4) is 0 Å². The topological polar surface area (TPSA) is 78.0 Å². The van der Waals surface area contributed by atoms with Crippen LogP contribution in [0.5, 0.6) is 0 Å². The lowest BCUT2D eigenvalue weighted by atomic mass is 10.0. The number of hydrogen-bond donors (Lipinski definition) is 1. The van der Waals surface area contributed by atoms with Crippen LogP contribution in [0.25, 0.3) is 0 Å². The van der Waals surface area contributed by atoms with Crippen LogP contribution in [-0.2, 0) is 15.4 Å². The molecule has 17 heavy (non-hydrogen) atoms. The summed E-state index contributed by atoms with van der Waals surface area (Å²) >= 11 is 0. The van der Waals surface area contributed by atoms with E-state index >= 15 is 0 Å². The van der Waals surface area contributed by atoms with Crippen LogP contribution in [-0.4, -0.2) is 29.7 Å². The number of aryl methyl sites for hydroxylation is 1. The molecule has 0 bridgehead atoms. The van der Waals surface area contributed by atoms with Crippen LogP contribution in [0.4, 0.5) is 0 Å². The van der Waals surface area contributed by atoms with Crippen LogP contribution >= 0.6 is 0 Å². The van der Waals surface area contributed by atoms with E-state index in [0.29, 0.717) is 0 Å². The number of nitrogens with two attached hydrogens (primary N) is 1. The van der Waals surface area contributed by atoms with Crippen molar-refractivity contribution >= 4 is 9.84 Å². The van der Waals surface area contributed by atoms with Crippen molar-refractivity contribution in [3.63, 3.8) is 0 Å². The Morgan fingerprint density at radius 1 is 1.35 bits per heavy atom. The summed E-state index contributed by atoms with van der Waals surface area (Å²) in [5.41, 5.74) is 9.15. The molecule has 1 aliphatic carbocycles. The maximum atomic E-state index is 11.2. The molecule has 3 rings (SSSR count). The van der Waals surface area contributed by atoms with Gasteiger partial charge in [-0.2, -0.15) is 5.10 Å². The second kappa shape index (κ2) is 3.11. The Balaban J connectivity index is 1.98. The molecule has 1 aromatic rings. The zero-order chi connectivity index (χ0) is 12.4. The second-order valence-electron chi connectivity index (χ2n) is 5.38. The highest BCUT2D eigenvalue weighted by molar-refractivity contribution is 7.92. The Bertz CT molecular complexity index is 572. The third kappa shape index (κ3) is 1.62. The zero-order valence-electron chi connectivity index (χ0n) is 10.1. The van der Waals surface area contributed by atoms with Gasteiger partial charge in [0.05, 0.1) is 23.2 Å². The van der Waals surface area contributed by atoms with Gasteiger partial charge in [-0.1, -0.05) is 0 Å². The summed E-state index contributed by atoms with van der Waals surface area (Å²) < 4.78 is 24.3. The molecule has 5 nitrogen and oxygen atoms in total. The third-order valence-corrected chi connectivity index (χ3v) is 5.64. The van der Waals surface area contributed by atoms with Crippen LogP contribution in [0, 0.1) is 13.8 Å². The smallest absolute Gasteiger partial charge is 0.154 e. The van der Waals surface area contributed by atoms with E-state index in [1.165, 1.54) is 0 Å². The first kappa shape index (κ1) is 11.2. The highest BCUT2D eigenvalue weighted by Gasteiger charge is 2.45. The van der Waals surface area contributed by atoms with Crippen LogP contribution in [0.1, 0.15) is 35.8 Å². The first-order valence-corrected chi connectivity index (χ1v) is 7.70. The number of aromatic nitrogens is 2. The van der Waals surface area contributed by atoms with E-state index in [-0.39, 0.29) is 23.1 Å². The van der Waals surface area contributed by atoms with Crippen molar-refractivity contribution in [2.24, 2.45) is 5.73 Å². The molecule has 94 valence electrons. The number of hydrogen-bond acceptors (Lipinski definition) is 4. The van der Waals surface area contributed by atoms with Crippen LogP contribution < -0.4 is 5.73 Å². The standard InChI is InChI=1S/C11H17N3O2S/c1-7-10(11(12)3-4-11)8(2)14(13-7)9-5-17(15,16)6-9/h9H,3-6,12H2,1-2H3. The minimum absolute atomic E-state index is 0.00907. The number of nitrogens with zero attached hydrogens (tertiary/aromatic N) is 2. The average molecular weight is 255 g/mol. The Morgan fingerprint density at radius 3 is 2.41 bits per heavy atom. The summed E-state index contributed by atoms with van der Waals surface area (Å²) in [6.07, 6.45) is 2.01. The fourth-order valence-electron chi connectivity index (χ4n) is 2.80. The van der Waals surface area contributed by atoms with Crippen molar-refractivity contribution in [3.05, 3.63) is 17.0 Å². The van der Waals surface area contributed by atoms with E-state index in [9.17, 15) is 8.42 Å². The maximum Gasteiger partial charge on any atom is 0.154 e. The normalized spacial score (nSPS) is 25.6. The molecule has 6 heteroatoms. The van der Waals surface area contributed by atoms with Gasteiger partial charge in [0, 0.05) is 16.8 Å². The quantitative estimate of drug-likeness (QED) is 0.830. The maximum absolute atomic E-state index is 11.2. The lowest BCUT2D eigenvalue weighted by Gasteiger charge is -2.27. The molecule has 0 unspecified atom stereocenters. The van der Waals surface area contributed by atoms with Gasteiger partial charge in [-0.05, 0) is 26.7 Å². The van der Waals surface area contributed by atoms with E-state index in [2.05, 4.69) is 5.10 Å². The predicted molar refractivity (Wildman–Crippen MR) is 64.5 cm³/mol. The summed E-state index contributed by atoms with van der Waals surface area (Å²) in [4.78, 5) is 0. The highest BCUT2D eigenvalue weighted by atomic mass is 32.2. The lowest BCUT2D eigenvalue weighted by molar-refractivity contribution is 0.463. The van der Waals surface area contributed by atoms with Gasteiger partial charge in [-0.25, -0.2) is 8.42 Å². The monoisotopic (exact) mass is 255 g/mol. The Kier molecular flexibility index (Phi) is 2.06. The molecule has 2 fully saturated rings. The molecule has 1 aliphatic heterocycles. The number of sulfone groups is 1. The lowest BCUT2D eigenvalue weighted by Crippen LogP contribution is -2.39. The van der Waals surface area contributed by atoms with Gasteiger partial charge in [-0.15, -0.1) is 0 Å². The molecule has 0 atom stereocenters. The molecule has 0 aromatic carbocycles. The highest BCUT2D eigenvalue weighted by Crippen LogP contribution is 2.46. The Morgan fingerprint density at radius 2 is 1.94 bits per heavy atom. The fourth-order valence-corrected chi connectivity index (χ4v) is 4.16. The molecule has 1 saturated heterocycles. The molecule has 0 radical (unpaired) electrons. The van der Waals surface area contributed by atoms with Gasteiger partial charge in [-0.3, -0.25) is 4.68 Å². The number of rotatable bonds is 2. The SMILES string of the molecule is Cc1nn(C2CS(=O)(=O)C2)c(C)c1C1(N)CC1. The van der Waals surface area contributed by atoms with Gasteiger partial charge in [0.1, 0.15) is 0 Å². The molecule has 2 heterocycles. The molecule has 2 aliphatic rings. The molecule has 0 spiro atoms. The van der Waals surface area contributed by atoms with Crippen molar-refractivity contribution < 1.29 is 8.42 Å². The Hall–Kier alpha value is -0.880. The summed E-state index contributed by atoms with van der Waals surface area (Å²) in [7, 11) is -2.81. The molecular formula is C11H17N3O2S. The van der Waals surface area contributed by atoms with Gasteiger partial charge in [0.2, 0.25) is 0 Å². The van der Waals surface area contributed by atoms with E-state index in [1.807, 2.05) is 18.5 Å². The van der Waals surface area contributed by atoms with E-state index in [0.717, 1.165) is 29.8 Å². The van der Waals surface area contributed by atoms with Gasteiger partial charge >= 0.3 is 0 Å². The van der Waals surface area contributed by atoms with Crippen LogP contribution in [0.2, 0.25) is 0 Å². The second-order valence-corrected chi connectivity index (χ2v) is 7.53. The molecule has 2 N–H and O–H groups in total. The van der Waals surface area contributed by atoms with Crippen molar-refractivity contribution in [2.75, 3.05) is 11.5 Å². The molecular weight excluding hydrogens is 238 g/mol. The van der Waals surface area contributed by atoms with E-state index < -0.39 is 9.84 Å². The average Bonchev–Trinajstić information content (AvgIpc) is 2.81. The zero-order valence-corrected chi connectivity index (χ0v) is 10.9. The summed E-state index contributed by atoms with van der Waals surface area (Å²) in [6.45, 7) is 3.95. The van der Waals surface area contributed by atoms with Gasteiger partial charge in [0.15, 0.2) is 9.84 Å². The summed E-state index contributed by atoms with van der Waals surface area (Å²) in [6, 6.07) is 0.00907. The molecule has 1 aromatic heterocycles.